The van der Waals surface area contributed by atoms with Crippen LogP contribution in [0.5, 0.6) is 5.75 Å². The van der Waals surface area contributed by atoms with E-state index < -0.39 is 11.7 Å². The number of hydrogen-bond acceptors (Lipinski definition) is 4. The number of fused-ring (bicyclic) bond motifs is 2. The van der Waals surface area contributed by atoms with Crippen molar-refractivity contribution < 1.29 is 9.52 Å². The molecule has 1 N–H and O–H groups in total. The molecule has 28 heavy (non-hydrogen) atoms. The van der Waals surface area contributed by atoms with Crippen molar-refractivity contribution in [1.82, 2.24) is 0 Å². The van der Waals surface area contributed by atoms with Crippen LogP contribution in [0.3, 0.4) is 0 Å². The maximum atomic E-state index is 13.0. The minimum atomic E-state index is -0.501. The van der Waals surface area contributed by atoms with Crippen molar-refractivity contribution in [1.29, 1.82) is 0 Å². The van der Waals surface area contributed by atoms with Crippen molar-refractivity contribution >= 4 is 16.7 Å². The molecule has 5 rings (SSSR count). The number of rotatable bonds is 2. The molecule has 2 heterocycles. The van der Waals surface area contributed by atoms with Crippen LogP contribution >= 0.6 is 0 Å². The Kier molecular flexibility index (Phi) is 3.90. The summed E-state index contributed by atoms with van der Waals surface area (Å²) in [5, 5.41) is 11.6. The summed E-state index contributed by atoms with van der Waals surface area (Å²) in [6, 6.07) is 24.8. The molecule has 4 aromatic rings. The number of aromatic hydroxyl groups is 1. The van der Waals surface area contributed by atoms with Crippen molar-refractivity contribution in [2.24, 2.45) is 0 Å². The summed E-state index contributed by atoms with van der Waals surface area (Å²) in [6.45, 7) is 0.747. The van der Waals surface area contributed by atoms with E-state index in [2.05, 4.69) is 11.0 Å². The molecule has 0 fully saturated rings. The molecule has 0 spiro atoms. The second kappa shape index (κ2) is 6.57. The molecule has 1 unspecified atom stereocenters. The molecule has 1 aromatic heterocycles. The van der Waals surface area contributed by atoms with Gasteiger partial charge in [0.2, 0.25) is 0 Å². The smallest absolute Gasteiger partial charge is 0.345 e. The quantitative estimate of drug-likeness (QED) is 0.523. The Bertz CT molecular complexity index is 1210. The summed E-state index contributed by atoms with van der Waals surface area (Å²) in [7, 11) is 0. The fourth-order valence-electron chi connectivity index (χ4n) is 4.16. The Labute approximate surface area is 162 Å². The summed E-state index contributed by atoms with van der Waals surface area (Å²) in [4.78, 5) is 15.2. The third-order valence-corrected chi connectivity index (χ3v) is 5.46. The van der Waals surface area contributed by atoms with Crippen molar-refractivity contribution in [2.75, 3.05) is 11.4 Å². The van der Waals surface area contributed by atoms with Gasteiger partial charge in [0, 0.05) is 12.2 Å². The first kappa shape index (κ1) is 16.6. The van der Waals surface area contributed by atoms with E-state index in [0.717, 1.165) is 24.2 Å². The third-order valence-electron chi connectivity index (χ3n) is 5.46. The van der Waals surface area contributed by atoms with Gasteiger partial charge in [0.15, 0.2) is 0 Å². The molecule has 0 saturated heterocycles. The fraction of sp³-hybridized carbons (Fsp3) is 0.125. The van der Waals surface area contributed by atoms with Crippen molar-refractivity contribution in [3.63, 3.8) is 0 Å². The van der Waals surface area contributed by atoms with Gasteiger partial charge in [-0.15, -0.1) is 0 Å². The fourth-order valence-corrected chi connectivity index (χ4v) is 4.16. The van der Waals surface area contributed by atoms with E-state index in [1.54, 1.807) is 18.2 Å². The van der Waals surface area contributed by atoms with Crippen LogP contribution in [0, 0.1) is 0 Å². The average molecular weight is 369 g/mol. The highest BCUT2D eigenvalue weighted by Crippen LogP contribution is 2.41. The van der Waals surface area contributed by atoms with E-state index in [9.17, 15) is 9.90 Å². The van der Waals surface area contributed by atoms with E-state index in [4.69, 9.17) is 4.42 Å². The normalized spacial score (nSPS) is 16.1. The van der Waals surface area contributed by atoms with Gasteiger partial charge in [-0.05, 0) is 41.8 Å². The number of benzene rings is 3. The summed E-state index contributed by atoms with van der Waals surface area (Å²) < 4.78 is 5.58. The van der Waals surface area contributed by atoms with Gasteiger partial charge in [0.25, 0.3) is 0 Å². The lowest BCUT2D eigenvalue weighted by atomic mass is 9.87. The van der Waals surface area contributed by atoms with Gasteiger partial charge in [-0.25, -0.2) is 4.79 Å². The highest BCUT2D eigenvalue weighted by molar-refractivity contribution is 5.84. The van der Waals surface area contributed by atoms with E-state index in [1.807, 2.05) is 54.6 Å². The van der Waals surface area contributed by atoms with Crippen LogP contribution in [0.2, 0.25) is 0 Å². The molecule has 1 aliphatic rings. The van der Waals surface area contributed by atoms with Gasteiger partial charge in [0.05, 0.1) is 11.4 Å². The first-order valence-electron chi connectivity index (χ1n) is 9.38. The van der Waals surface area contributed by atoms with Gasteiger partial charge >= 0.3 is 5.63 Å². The molecule has 0 aliphatic carbocycles. The molecular formula is C24H19NO3. The SMILES string of the molecule is O=c1oc2ccccc2c(O)c1C1c2ccccc2CCN1c1ccccc1. The highest BCUT2D eigenvalue weighted by Gasteiger charge is 2.34. The summed E-state index contributed by atoms with van der Waals surface area (Å²) in [5.41, 5.74) is 3.40. The monoisotopic (exact) mass is 369 g/mol. The van der Waals surface area contributed by atoms with Crippen LogP contribution in [0.15, 0.2) is 88.1 Å². The Hall–Kier alpha value is -3.53. The molecule has 1 aliphatic heterocycles. The molecule has 4 nitrogen and oxygen atoms in total. The zero-order valence-electron chi connectivity index (χ0n) is 15.2. The van der Waals surface area contributed by atoms with Crippen molar-refractivity contribution in [3.8, 4) is 5.75 Å². The molecule has 0 radical (unpaired) electrons. The largest absolute Gasteiger partial charge is 0.507 e. The van der Waals surface area contributed by atoms with Crippen molar-refractivity contribution in [2.45, 2.75) is 12.5 Å². The van der Waals surface area contributed by atoms with Crippen LogP contribution in [-0.4, -0.2) is 11.7 Å². The van der Waals surface area contributed by atoms with E-state index in [-0.39, 0.29) is 11.3 Å². The number of para-hydroxylation sites is 2. The minimum Gasteiger partial charge on any atom is -0.507 e. The van der Waals surface area contributed by atoms with Gasteiger partial charge < -0.3 is 14.4 Å². The molecule has 1 atom stereocenters. The lowest BCUT2D eigenvalue weighted by molar-refractivity contribution is 0.446. The molecule has 4 heteroatoms. The summed E-state index contributed by atoms with van der Waals surface area (Å²) >= 11 is 0. The number of hydrogen-bond donors (Lipinski definition) is 1. The van der Waals surface area contributed by atoms with Gasteiger partial charge in [-0.2, -0.15) is 0 Å². The molecule has 0 amide bonds. The Morgan fingerprint density at radius 3 is 2.46 bits per heavy atom. The van der Waals surface area contributed by atoms with Crippen LogP contribution < -0.4 is 10.5 Å². The topological polar surface area (TPSA) is 53.7 Å². The second-order valence-corrected chi connectivity index (χ2v) is 7.03. The molecular weight excluding hydrogens is 350 g/mol. The average Bonchev–Trinajstić information content (AvgIpc) is 2.74. The predicted octanol–water partition coefficient (Wildman–Crippen LogP) is 4.65. The number of nitrogens with zero attached hydrogens (tertiary/aromatic N) is 1. The highest BCUT2D eigenvalue weighted by atomic mass is 16.4. The molecule has 3 aromatic carbocycles. The third kappa shape index (κ3) is 2.57. The van der Waals surface area contributed by atoms with Crippen LogP contribution in [0.25, 0.3) is 11.0 Å². The second-order valence-electron chi connectivity index (χ2n) is 7.03. The molecule has 0 bridgehead atoms. The Morgan fingerprint density at radius 1 is 0.893 bits per heavy atom. The number of anilines is 1. The summed E-state index contributed by atoms with van der Waals surface area (Å²) in [6.07, 6.45) is 0.876. The lowest BCUT2D eigenvalue weighted by Gasteiger charge is -2.39. The molecule has 138 valence electrons. The minimum absolute atomic E-state index is 0.00511. The van der Waals surface area contributed by atoms with Crippen LogP contribution in [0.4, 0.5) is 5.69 Å². The van der Waals surface area contributed by atoms with Gasteiger partial charge in [0.1, 0.15) is 16.9 Å². The predicted molar refractivity (Wildman–Crippen MR) is 110 cm³/mol. The Balaban J connectivity index is 1.80. The van der Waals surface area contributed by atoms with Gasteiger partial charge in [-0.3, -0.25) is 0 Å². The molecule has 0 saturated carbocycles. The van der Waals surface area contributed by atoms with E-state index in [0.29, 0.717) is 11.0 Å². The Morgan fingerprint density at radius 2 is 1.61 bits per heavy atom. The van der Waals surface area contributed by atoms with Crippen molar-refractivity contribution in [3.05, 3.63) is 106 Å². The zero-order valence-corrected chi connectivity index (χ0v) is 15.2. The lowest BCUT2D eigenvalue weighted by Crippen LogP contribution is -2.38. The van der Waals surface area contributed by atoms with E-state index in [1.165, 1.54) is 5.56 Å². The zero-order chi connectivity index (χ0) is 19.1. The maximum absolute atomic E-state index is 13.0. The van der Waals surface area contributed by atoms with Crippen LogP contribution in [-0.2, 0) is 6.42 Å². The van der Waals surface area contributed by atoms with E-state index >= 15 is 0 Å². The summed E-state index contributed by atoms with van der Waals surface area (Å²) in [5.74, 6) is -0.00511. The first-order valence-corrected chi connectivity index (χ1v) is 9.38. The maximum Gasteiger partial charge on any atom is 0.345 e. The standard InChI is InChI=1S/C24H19NO3/c26-23-19-12-6-7-13-20(19)28-24(27)21(23)22-18-11-5-4-8-16(18)14-15-25(22)17-9-2-1-3-10-17/h1-13,22,26H,14-15H2. The van der Waals surface area contributed by atoms with Gasteiger partial charge in [-0.1, -0.05) is 54.6 Å². The first-order chi connectivity index (χ1) is 13.7. The van der Waals surface area contributed by atoms with Crippen LogP contribution in [0.1, 0.15) is 22.7 Å².